The molecule has 1 aromatic rings. The van der Waals surface area contributed by atoms with Crippen molar-refractivity contribution in [2.75, 3.05) is 0 Å². The predicted octanol–water partition coefficient (Wildman–Crippen LogP) is 3.77. The summed E-state index contributed by atoms with van der Waals surface area (Å²) in [5.41, 5.74) is 1.10. The van der Waals surface area contributed by atoms with Gasteiger partial charge in [-0.3, -0.25) is 4.79 Å². The average molecular weight is 216 g/mol. The minimum Gasteiger partial charge on any atom is -0.299 e. The monoisotopic (exact) mass is 216 g/mol. The summed E-state index contributed by atoms with van der Waals surface area (Å²) in [5, 5.41) is 0. The van der Waals surface area contributed by atoms with Gasteiger partial charge in [-0.15, -0.1) is 0 Å². The first-order valence-corrected chi connectivity index (χ1v) is 6.28. The molecule has 0 spiro atoms. The summed E-state index contributed by atoms with van der Waals surface area (Å²) in [6.45, 7) is 2.15. The number of Topliss-reactive ketones (excluding diaryl/α,β-unsaturated/α-hetero) is 1. The number of benzene rings is 1. The van der Waals surface area contributed by atoms with Gasteiger partial charge in [0.25, 0.3) is 0 Å². The number of rotatable bonds is 3. The zero-order valence-corrected chi connectivity index (χ0v) is 10.0. The Hall–Kier alpha value is -1.11. The lowest BCUT2D eigenvalue weighted by Crippen LogP contribution is -2.31. The Bertz CT molecular complexity index is 347. The van der Waals surface area contributed by atoms with E-state index in [1.807, 2.05) is 30.3 Å². The van der Waals surface area contributed by atoms with Crippen LogP contribution in [0.15, 0.2) is 30.3 Å². The van der Waals surface area contributed by atoms with Crippen molar-refractivity contribution in [2.45, 2.75) is 45.4 Å². The molecule has 0 bridgehead atoms. The predicted molar refractivity (Wildman–Crippen MR) is 66.3 cm³/mol. The Morgan fingerprint density at radius 1 is 1.12 bits per heavy atom. The minimum atomic E-state index is -0.0475. The molecule has 0 aromatic heterocycles. The Labute approximate surface area is 97.9 Å². The molecule has 2 rings (SSSR count). The molecule has 0 saturated heterocycles. The van der Waals surface area contributed by atoms with Crippen molar-refractivity contribution < 1.29 is 4.79 Å². The molecule has 1 nitrogen and oxygen atoms in total. The molecule has 0 radical (unpaired) electrons. The van der Waals surface area contributed by atoms with Crippen molar-refractivity contribution in [2.24, 2.45) is 5.41 Å². The zero-order chi connectivity index (χ0) is 11.4. The quantitative estimate of drug-likeness (QED) is 0.751. The number of carbonyl (C=O) groups is 1. The van der Waals surface area contributed by atoms with Crippen LogP contribution in [0.25, 0.3) is 0 Å². The third-order valence-corrected chi connectivity index (χ3v) is 3.84. The van der Waals surface area contributed by atoms with Crippen molar-refractivity contribution in [3.8, 4) is 0 Å². The molecule has 0 atom stereocenters. The summed E-state index contributed by atoms with van der Waals surface area (Å²) in [4.78, 5) is 12.3. The van der Waals surface area contributed by atoms with E-state index in [4.69, 9.17) is 0 Å². The maximum absolute atomic E-state index is 12.3. The zero-order valence-electron chi connectivity index (χ0n) is 10.0. The van der Waals surface area contributed by atoms with Gasteiger partial charge < -0.3 is 0 Å². The van der Waals surface area contributed by atoms with Gasteiger partial charge >= 0.3 is 0 Å². The Morgan fingerprint density at radius 2 is 1.75 bits per heavy atom. The lowest BCUT2D eigenvalue weighted by molar-refractivity contribution is -0.128. The van der Waals surface area contributed by atoms with E-state index in [1.54, 1.807) is 0 Å². The smallest absolute Gasteiger partial charge is 0.143 e. The molecule has 86 valence electrons. The fourth-order valence-electron chi connectivity index (χ4n) is 2.61. The SMILES string of the molecule is CC1(C(=O)Cc2ccccc2)CCCCC1. The summed E-state index contributed by atoms with van der Waals surface area (Å²) < 4.78 is 0. The van der Waals surface area contributed by atoms with E-state index in [0.29, 0.717) is 12.2 Å². The van der Waals surface area contributed by atoms with Gasteiger partial charge in [-0.2, -0.15) is 0 Å². The highest BCUT2D eigenvalue weighted by atomic mass is 16.1. The first-order valence-electron chi connectivity index (χ1n) is 6.28. The van der Waals surface area contributed by atoms with E-state index < -0.39 is 0 Å². The normalized spacial score (nSPS) is 19.3. The van der Waals surface area contributed by atoms with Crippen LogP contribution in [0.2, 0.25) is 0 Å². The lowest BCUT2D eigenvalue weighted by Gasteiger charge is -2.32. The largest absolute Gasteiger partial charge is 0.299 e. The second-order valence-corrected chi connectivity index (χ2v) is 5.21. The lowest BCUT2D eigenvalue weighted by atomic mass is 9.71. The van der Waals surface area contributed by atoms with Crippen LogP contribution in [0.3, 0.4) is 0 Å². The summed E-state index contributed by atoms with van der Waals surface area (Å²) in [7, 11) is 0. The van der Waals surface area contributed by atoms with Gasteiger partial charge in [-0.25, -0.2) is 0 Å². The van der Waals surface area contributed by atoms with Crippen molar-refractivity contribution in [3.05, 3.63) is 35.9 Å². The molecule has 0 amide bonds. The van der Waals surface area contributed by atoms with Crippen LogP contribution in [-0.2, 0) is 11.2 Å². The molecule has 1 aliphatic rings. The molecule has 0 N–H and O–H groups in total. The van der Waals surface area contributed by atoms with Gasteiger partial charge in [0.1, 0.15) is 5.78 Å². The molecular weight excluding hydrogens is 196 g/mol. The highest BCUT2D eigenvalue weighted by Gasteiger charge is 2.33. The third kappa shape index (κ3) is 2.52. The van der Waals surface area contributed by atoms with Crippen molar-refractivity contribution in [3.63, 3.8) is 0 Å². The van der Waals surface area contributed by atoms with Crippen LogP contribution in [0, 0.1) is 5.41 Å². The van der Waals surface area contributed by atoms with E-state index in [0.717, 1.165) is 18.4 Å². The van der Waals surface area contributed by atoms with Gasteiger partial charge in [0.2, 0.25) is 0 Å². The van der Waals surface area contributed by atoms with Crippen LogP contribution < -0.4 is 0 Å². The van der Waals surface area contributed by atoms with Gasteiger partial charge in [0, 0.05) is 11.8 Å². The molecular formula is C15H20O. The summed E-state index contributed by atoms with van der Waals surface area (Å²) in [5.74, 6) is 0.429. The molecule has 1 heteroatoms. The van der Waals surface area contributed by atoms with E-state index in [-0.39, 0.29) is 5.41 Å². The number of carbonyl (C=O) groups excluding carboxylic acids is 1. The van der Waals surface area contributed by atoms with E-state index in [2.05, 4.69) is 6.92 Å². The molecule has 0 unspecified atom stereocenters. The van der Waals surface area contributed by atoms with Crippen LogP contribution in [0.1, 0.15) is 44.6 Å². The Balaban J connectivity index is 2.02. The van der Waals surface area contributed by atoms with Gasteiger partial charge in [-0.1, -0.05) is 56.5 Å². The van der Waals surface area contributed by atoms with Gasteiger partial charge in [0.05, 0.1) is 0 Å². The average Bonchev–Trinajstić information content (AvgIpc) is 2.31. The highest BCUT2D eigenvalue weighted by molar-refractivity contribution is 5.86. The number of ketones is 1. The fraction of sp³-hybridized carbons (Fsp3) is 0.533. The molecule has 1 aliphatic carbocycles. The second-order valence-electron chi connectivity index (χ2n) is 5.21. The van der Waals surface area contributed by atoms with Crippen molar-refractivity contribution >= 4 is 5.78 Å². The van der Waals surface area contributed by atoms with Gasteiger partial charge in [0.15, 0.2) is 0 Å². The minimum absolute atomic E-state index is 0.0475. The summed E-state index contributed by atoms with van der Waals surface area (Å²) in [6, 6.07) is 10.1. The summed E-state index contributed by atoms with van der Waals surface area (Å²) in [6.07, 6.45) is 6.51. The Morgan fingerprint density at radius 3 is 2.38 bits per heavy atom. The second kappa shape index (κ2) is 4.82. The van der Waals surface area contributed by atoms with E-state index >= 15 is 0 Å². The standard InChI is InChI=1S/C15H20O/c1-15(10-6-3-7-11-15)14(16)12-13-8-4-2-5-9-13/h2,4-5,8-9H,3,6-7,10-12H2,1H3. The summed E-state index contributed by atoms with van der Waals surface area (Å²) >= 11 is 0. The first-order chi connectivity index (χ1) is 7.71. The molecule has 1 fully saturated rings. The van der Waals surface area contributed by atoms with Crippen molar-refractivity contribution in [1.82, 2.24) is 0 Å². The topological polar surface area (TPSA) is 17.1 Å². The number of hydrogen-bond donors (Lipinski definition) is 0. The van der Waals surface area contributed by atoms with Crippen molar-refractivity contribution in [1.29, 1.82) is 0 Å². The fourth-order valence-corrected chi connectivity index (χ4v) is 2.61. The van der Waals surface area contributed by atoms with E-state index in [9.17, 15) is 4.79 Å². The molecule has 16 heavy (non-hydrogen) atoms. The van der Waals surface area contributed by atoms with Crippen LogP contribution in [0.4, 0.5) is 0 Å². The van der Waals surface area contributed by atoms with Crippen LogP contribution in [0.5, 0.6) is 0 Å². The highest BCUT2D eigenvalue weighted by Crippen LogP contribution is 2.37. The third-order valence-electron chi connectivity index (χ3n) is 3.84. The Kier molecular flexibility index (Phi) is 3.42. The van der Waals surface area contributed by atoms with Crippen LogP contribution in [-0.4, -0.2) is 5.78 Å². The van der Waals surface area contributed by atoms with Gasteiger partial charge in [-0.05, 0) is 18.4 Å². The first kappa shape index (κ1) is 11.4. The maximum atomic E-state index is 12.3. The molecule has 0 aliphatic heterocycles. The molecule has 1 aromatic carbocycles. The van der Waals surface area contributed by atoms with E-state index in [1.165, 1.54) is 19.3 Å². The van der Waals surface area contributed by atoms with Crippen LogP contribution >= 0.6 is 0 Å². The molecule has 0 heterocycles. The maximum Gasteiger partial charge on any atom is 0.143 e. The number of hydrogen-bond acceptors (Lipinski definition) is 1. The molecule has 1 saturated carbocycles.